The third kappa shape index (κ3) is 5.35. The molecule has 5 nitrogen and oxygen atoms in total. The van der Waals surface area contributed by atoms with Crippen LogP contribution < -0.4 is 0 Å². The Morgan fingerprint density at radius 3 is 1.71 bits per heavy atom. The maximum atomic E-state index is 13.2. The first-order valence-corrected chi connectivity index (χ1v) is 11.8. The second-order valence-electron chi connectivity index (χ2n) is 8.00. The molecule has 4 aromatic rings. The lowest BCUT2D eigenvalue weighted by atomic mass is 9.79. The van der Waals surface area contributed by atoms with Gasteiger partial charge in [0.2, 0.25) is 0 Å². The number of hydrogen-bond donors (Lipinski definition) is 0. The molecule has 4 rings (SSSR count). The summed E-state index contributed by atoms with van der Waals surface area (Å²) in [5.74, 6) is -1.88. The van der Waals surface area contributed by atoms with E-state index in [0.29, 0.717) is 17.1 Å². The predicted octanol–water partition coefficient (Wildman–Crippen LogP) is 6.49. The molecule has 0 N–H and O–H groups in total. The zero-order valence-corrected chi connectivity index (χ0v) is 19.8. The number of benzene rings is 3. The second kappa shape index (κ2) is 11.3. The average Bonchev–Trinajstić information content (AvgIpc) is 3.34. The predicted molar refractivity (Wildman–Crippen MR) is 135 cm³/mol. The van der Waals surface area contributed by atoms with Gasteiger partial charge in [0.15, 0.2) is 5.92 Å². The van der Waals surface area contributed by atoms with Crippen LogP contribution in [0.4, 0.5) is 0 Å². The molecule has 1 aromatic heterocycles. The van der Waals surface area contributed by atoms with Crippen molar-refractivity contribution in [2.24, 2.45) is 5.92 Å². The average molecular weight is 469 g/mol. The Morgan fingerprint density at radius 1 is 0.714 bits per heavy atom. The minimum atomic E-state index is -1.19. The number of carbonyl (C=O) groups is 2. The Bertz CT molecular complexity index is 1230. The molecule has 0 amide bonds. The van der Waals surface area contributed by atoms with Gasteiger partial charge in [-0.3, -0.25) is 9.59 Å². The molecule has 0 saturated carbocycles. The van der Waals surface area contributed by atoms with Crippen LogP contribution in [-0.4, -0.2) is 25.2 Å². The van der Waals surface area contributed by atoms with E-state index in [9.17, 15) is 9.59 Å². The lowest BCUT2D eigenvalue weighted by molar-refractivity contribution is -0.162. The molecule has 35 heavy (non-hydrogen) atoms. The fourth-order valence-electron chi connectivity index (χ4n) is 4.24. The number of carbonyl (C=O) groups excluding carboxylic acids is 2. The first kappa shape index (κ1) is 24.0. The van der Waals surface area contributed by atoms with Crippen LogP contribution in [0, 0.1) is 5.92 Å². The fraction of sp³-hybridized carbons (Fsp3) is 0.200. The summed E-state index contributed by atoms with van der Waals surface area (Å²) in [6.45, 7) is 3.75. The van der Waals surface area contributed by atoms with Crippen molar-refractivity contribution in [1.29, 1.82) is 0 Å². The summed E-state index contributed by atoms with van der Waals surface area (Å²) in [5, 5.41) is 0. The van der Waals surface area contributed by atoms with Crippen LogP contribution in [0.15, 0.2) is 101 Å². The van der Waals surface area contributed by atoms with E-state index in [1.807, 2.05) is 97.1 Å². The van der Waals surface area contributed by atoms with Gasteiger partial charge in [0, 0.05) is 22.6 Å². The highest BCUT2D eigenvalue weighted by Gasteiger charge is 2.41. The van der Waals surface area contributed by atoms with E-state index >= 15 is 0 Å². The fourth-order valence-corrected chi connectivity index (χ4v) is 4.24. The van der Waals surface area contributed by atoms with Crippen molar-refractivity contribution in [3.63, 3.8) is 0 Å². The molecule has 1 unspecified atom stereocenters. The summed E-state index contributed by atoms with van der Waals surface area (Å²) < 4.78 is 17.1. The number of esters is 2. The molecule has 0 fully saturated rings. The van der Waals surface area contributed by atoms with Crippen molar-refractivity contribution in [2.45, 2.75) is 19.8 Å². The Balaban J connectivity index is 1.97. The molecule has 3 aromatic carbocycles. The molecule has 1 atom stereocenters. The maximum absolute atomic E-state index is 13.2. The molecule has 5 heteroatoms. The van der Waals surface area contributed by atoms with E-state index in [1.165, 1.54) is 0 Å². The third-order valence-electron chi connectivity index (χ3n) is 5.76. The molecule has 178 valence electrons. The van der Waals surface area contributed by atoms with Crippen molar-refractivity contribution < 1.29 is 23.5 Å². The lowest BCUT2D eigenvalue weighted by Gasteiger charge is -2.25. The highest BCUT2D eigenvalue weighted by molar-refractivity contribution is 5.97. The van der Waals surface area contributed by atoms with E-state index in [-0.39, 0.29) is 13.2 Å². The van der Waals surface area contributed by atoms with Crippen molar-refractivity contribution in [3.05, 3.63) is 108 Å². The van der Waals surface area contributed by atoms with E-state index in [4.69, 9.17) is 13.9 Å². The van der Waals surface area contributed by atoms with Gasteiger partial charge in [-0.15, -0.1) is 0 Å². The number of rotatable bonds is 9. The largest absolute Gasteiger partial charge is 0.465 e. The van der Waals surface area contributed by atoms with Crippen molar-refractivity contribution in [3.8, 4) is 22.6 Å². The first-order valence-electron chi connectivity index (χ1n) is 11.8. The highest BCUT2D eigenvalue weighted by Crippen LogP contribution is 2.43. The first-order chi connectivity index (χ1) is 17.1. The molecule has 0 bridgehead atoms. The molecule has 0 aliphatic heterocycles. The van der Waals surface area contributed by atoms with Gasteiger partial charge >= 0.3 is 11.9 Å². The van der Waals surface area contributed by atoms with Crippen molar-refractivity contribution in [2.75, 3.05) is 13.2 Å². The van der Waals surface area contributed by atoms with Crippen LogP contribution in [0.2, 0.25) is 0 Å². The topological polar surface area (TPSA) is 65.7 Å². The molecule has 0 radical (unpaired) electrons. The standard InChI is InChI=1S/C30H28O5/c1-3-33-29(31)27(30(32)34-4-2)26(22-16-10-6-11-17-22)24-20-25(21-14-8-5-9-15-21)35-28(24)23-18-12-7-13-19-23/h5-20,26-27H,3-4H2,1-2H3. The lowest BCUT2D eigenvalue weighted by Crippen LogP contribution is -2.34. The SMILES string of the molecule is CCOC(=O)C(C(=O)OCC)C(c1ccccc1)c1cc(-c2ccccc2)oc1-c1ccccc1. The Morgan fingerprint density at radius 2 is 1.20 bits per heavy atom. The van der Waals surface area contributed by atoms with E-state index in [2.05, 4.69) is 0 Å². The Hall–Kier alpha value is -4.12. The smallest absolute Gasteiger partial charge is 0.321 e. The maximum Gasteiger partial charge on any atom is 0.321 e. The van der Waals surface area contributed by atoms with Crippen LogP contribution in [0.25, 0.3) is 22.6 Å². The molecular weight excluding hydrogens is 440 g/mol. The second-order valence-corrected chi connectivity index (χ2v) is 8.00. The van der Waals surface area contributed by atoms with Crippen LogP contribution in [-0.2, 0) is 19.1 Å². The number of furan rings is 1. The van der Waals surface area contributed by atoms with Crippen LogP contribution in [0.3, 0.4) is 0 Å². The summed E-state index contributed by atoms with van der Waals surface area (Å²) >= 11 is 0. The third-order valence-corrected chi connectivity index (χ3v) is 5.76. The van der Waals surface area contributed by atoms with E-state index < -0.39 is 23.8 Å². The van der Waals surface area contributed by atoms with Gasteiger partial charge < -0.3 is 13.9 Å². The number of hydrogen-bond acceptors (Lipinski definition) is 5. The summed E-state index contributed by atoms with van der Waals surface area (Å²) in [5.41, 5.74) is 3.24. The zero-order valence-electron chi connectivity index (χ0n) is 19.8. The summed E-state index contributed by atoms with van der Waals surface area (Å²) in [7, 11) is 0. The van der Waals surface area contributed by atoms with Gasteiger partial charge in [-0.1, -0.05) is 91.0 Å². The molecule has 0 aliphatic carbocycles. The molecular formula is C30H28O5. The molecule has 0 spiro atoms. The minimum Gasteiger partial charge on any atom is -0.465 e. The van der Waals surface area contributed by atoms with Gasteiger partial charge in [0.05, 0.1) is 13.2 Å². The normalized spacial score (nSPS) is 11.7. The van der Waals surface area contributed by atoms with Gasteiger partial charge in [-0.05, 0) is 25.5 Å². The highest BCUT2D eigenvalue weighted by atomic mass is 16.6. The van der Waals surface area contributed by atoms with Crippen molar-refractivity contribution >= 4 is 11.9 Å². The number of ether oxygens (including phenoxy) is 2. The van der Waals surface area contributed by atoms with Crippen LogP contribution in [0.1, 0.15) is 30.9 Å². The van der Waals surface area contributed by atoms with Gasteiger partial charge in [0.1, 0.15) is 11.5 Å². The molecule has 0 saturated heterocycles. The summed E-state index contributed by atoms with van der Waals surface area (Å²) in [6, 6.07) is 30.8. The van der Waals surface area contributed by atoms with E-state index in [1.54, 1.807) is 13.8 Å². The summed E-state index contributed by atoms with van der Waals surface area (Å²) in [6.07, 6.45) is 0. The molecule has 1 heterocycles. The monoisotopic (exact) mass is 468 g/mol. The Labute approximate surface area is 205 Å². The minimum absolute atomic E-state index is 0.155. The molecule has 0 aliphatic rings. The summed E-state index contributed by atoms with van der Waals surface area (Å²) in [4.78, 5) is 26.4. The zero-order chi connectivity index (χ0) is 24.6. The quantitative estimate of drug-likeness (QED) is 0.208. The van der Waals surface area contributed by atoms with Gasteiger partial charge in [0.25, 0.3) is 0 Å². The van der Waals surface area contributed by atoms with Crippen LogP contribution >= 0.6 is 0 Å². The van der Waals surface area contributed by atoms with Gasteiger partial charge in [-0.2, -0.15) is 0 Å². The Kier molecular flexibility index (Phi) is 7.78. The van der Waals surface area contributed by atoms with Crippen molar-refractivity contribution in [1.82, 2.24) is 0 Å². The van der Waals surface area contributed by atoms with Gasteiger partial charge in [-0.25, -0.2) is 0 Å². The van der Waals surface area contributed by atoms with E-state index in [0.717, 1.165) is 16.7 Å². The van der Waals surface area contributed by atoms with Crippen LogP contribution in [0.5, 0.6) is 0 Å².